The van der Waals surface area contributed by atoms with E-state index in [-0.39, 0.29) is 24.0 Å². The molecule has 1 saturated heterocycles. The van der Waals surface area contributed by atoms with E-state index in [2.05, 4.69) is 0 Å². The van der Waals surface area contributed by atoms with Gasteiger partial charge in [-0.15, -0.1) is 0 Å². The first-order valence-electron chi connectivity index (χ1n) is 6.73. The van der Waals surface area contributed by atoms with Gasteiger partial charge >= 0.3 is 5.69 Å². The summed E-state index contributed by atoms with van der Waals surface area (Å²) < 4.78 is 5.36. The molecular formula is C14H18N2O4. The zero-order valence-electron chi connectivity index (χ0n) is 11.5. The summed E-state index contributed by atoms with van der Waals surface area (Å²) >= 11 is 0. The number of benzene rings is 1. The molecule has 1 aliphatic rings. The number of amides is 1. The molecular weight excluding hydrogens is 260 g/mol. The highest BCUT2D eigenvalue weighted by Crippen LogP contribution is 2.27. The van der Waals surface area contributed by atoms with Crippen LogP contribution in [-0.4, -0.2) is 35.4 Å². The van der Waals surface area contributed by atoms with Gasteiger partial charge in [-0.3, -0.25) is 14.9 Å². The van der Waals surface area contributed by atoms with Gasteiger partial charge in [0.25, 0.3) is 5.91 Å². The van der Waals surface area contributed by atoms with Gasteiger partial charge in [-0.2, -0.15) is 0 Å². The maximum absolute atomic E-state index is 12.0. The van der Waals surface area contributed by atoms with Crippen LogP contribution in [0.4, 0.5) is 5.69 Å². The zero-order chi connectivity index (χ0) is 14.5. The van der Waals surface area contributed by atoms with Crippen molar-refractivity contribution in [3.8, 4) is 5.75 Å². The fraction of sp³-hybridized carbons (Fsp3) is 0.500. The Labute approximate surface area is 117 Å². The highest BCUT2D eigenvalue weighted by Gasteiger charge is 2.20. The Morgan fingerprint density at radius 3 is 2.70 bits per heavy atom. The van der Waals surface area contributed by atoms with Gasteiger partial charge in [0, 0.05) is 19.2 Å². The van der Waals surface area contributed by atoms with Crippen LogP contribution in [0.1, 0.15) is 24.8 Å². The molecule has 0 aliphatic carbocycles. The van der Waals surface area contributed by atoms with Gasteiger partial charge in [0.05, 0.1) is 4.92 Å². The Morgan fingerprint density at radius 1 is 1.35 bits per heavy atom. The Bertz CT molecular complexity index is 510. The molecule has 0 saturated carbocycles. The van der Waals surface area contributed by atoms with Crippen LogP contribution in [0.15, 0.2) is 18.2 Å². The fourth-order valence-corrected chi connectivity index (χ4v) is 2.26. The van der Waals surface area contributed by atoms with Crippen molar-refractivity contribution >= 4 is 11.6 Å². The summed E-state index contributed by atoms with van der Waals surface area (Å²) in [5.41, 5.74) is 0.748. The number of nitrogens with zero attached hydrogens (tertiary/aromatic N) is 2. The van der Waals surface area contributed by atoms with E-state index in [0.29, 0.717) is 0 Å². The number of ether oxygens (including phenoxy) is 1. The van der Waals surface area contributed by atoms with E-state index in [1.165, 1.54) is 6.07 Å². The largest absolute Gasteiger partial charge is 0.477 e. The number of carbonyl (C=O) groups excluding carboxylic acids is 1. The first-order chi connectivity index (χ1) is 9.58. The molecule has 20 heavy (non-hydrogen) atoms. The standard InChI is InChI=1S/C14H18N2O4/c1-11-5-6-12(16(18)19)13(9-11)20-10-14(17)15-7-3-2-4-8-15/h5-6,9H,2-4,7-8,10H2,1H3. The zero-order valence-corrected chi connectivity index (χ0v) is 11.5. The monoisotopic (exact) mass is 278 g/mol. The molecule has 0 N–H and O–H groups in total. The Hall–Kier alpha value is -2.11. The summed E-state index contributed by atoms with van der Waals surface area (Å²) in [5, 5.41) is 10.9. The van der Waals surface area contributed by atoms with E-state index in [4.69, 9.17) is 4.74 Å². The van der Waals surface area contributed by atoms with Crippen molar-refractivity contribution in [2.24, 2.45) is 0 Å². The van der Waals surface area contributed by atoms with Crippen LogP contribution >= 0.6 is 0 Å². The second kappa shape index (κ2) is 6.36. The van der Waals surface area contributed by atoms with E-state index in [1.807, 2.05) is 6.92 Å². The molecule has 6 nitrogen and oxygen atoms in total. The van der Waals surface area contributed by atoms with Crippen LogP contribution in [-0.2, 0) is 4.79 Å². The number of nitro benzene ring substituents is 1. The van der Waals surface area contributed by atoms with E-state index < -0.39 is 4.92 Å². The van der Waals surface area contributed by atoms with E-state index in [1.54, 1.807) is 17.0 Å². The molecule has 1 heterocycles. The van der Waals surface area contributed by atoms with Gasteiger partial charge in [0.15, 0.2) is 12.4 Å². The van der Waals surface area contributed by atoms with Crippen molar-refractivity contribution < 1.29 is 14.5 Å². The Kier molecular flexibility index (Phi) is 4.55. The van der Waals surface area contributed by atoms with E-state index in [9.17, 15) is 14.9 Å². The van der Waals surface area contributed by atoms with E-state index >= 15 is 0 Å². The number of rotatable bonds is 4. The Morgan fingerprint density at radius 2 is 2.05 bits per heavy atom. The number of carbonyl (C=O) groups is 1. The average molecular weight is 278 g/mol. The molecule has 0 spiro atoms. The van der Waals surface area contributed by atoms with Crippen molar-refractivity contribution in [2.75, 3.05) is 19.7 Å². The highest BCUT2D eigenvalue weighted by atomic mass is 16.6. The van der Waals surface area contributed by atoms with Crippen LogP contribution in [0.25, 0.3) is 0 Å². The van der Waals surface area contributed by atoms with Gasteiger partial charge in [0.2, 0.25) is 0 Å². The smallest absolute Gasteiger partial charge is 0.310 e. The van der Waals surface area contributed by atoms with Crippen molar-refractivity contribution in [3.63, 3.8) is 0 Å². The number of piperidine rings is 1. The minimum Gasteiger partial charge on any atom is -0.477 e. The maximum atomic E-state index is 12.0. The number of likely N-dealkylation sites (tertiary alicyclic amines) is 1. The molecule has 0 aromatic heterocycles. The van der Waals surface area contributed by atoms with Gasteiger partial charge in [-0.1, -0.05) is 6.07 Å². The molecule has 1 aromatic rings. The summed E-state index contributed by atoms with van der Waals surface area (Å²) in [6.45, 7) is 3.17. The molecule has 2 rings (SSSR count). The van der Waals surface area contributed by atoms with Crippen LogP contribution < -0.4 is 4.74 Å². The van der Waals surface area contributed by atoms with Crippen molar-refractivity contribution in [2.45, 2.75) is 26.2 Å². The lowest BCUT2D eigenvalue weighted by Gasteiger charge is -2.26. The third kappa shape index (κ3) is 3.46. The molecule has 0 radical (unpaired) electrons. The second-order valence-electron chi connectivity index (χ2n) is 4.96. The number of aryl methyl sites for hydroxylation is 1. The Balaban J connectivity index is 2.01. The van der Waals surface area contributed by atoms with Gasteiger partial charge in [0.1, 0.15) is 0 Å². The third-order valence-electron chi connectivity index (χ3n) is 3.37. The summed E-state index contributed by atoms with van der Waals surface area (Å²) in [5.74, 6) is 0.0425. The first-order valence-corrected chi connectivity index (χ1v) is 6.73. The first kappa shape index (κ1) is 14.3. The summed E-state index contributed by atoms with van der Waals surface area (Å²) in [6, 6.07) is 4.63. The van der Waals surface area contributed by atoms with Gasteiger partial charge in [-0.05, 0) is 37.8 Å². The van der Waals surface area contributed by atoms with Gasteiger partial charge in [-0.25, -0.2) is 0 Å². The minimum absolute atomic E-state index is 0.109. The van der Waals surface area contributed by atoms with Crippen LogP contribution in [0.5, 0.6) is 5.75 Å². The molecule has 0 atom stereocenters. The lowest BCUT2D eigenvalue weighted by atomic mass is 10.1. The number of nitro groups is 1. The molecule has 1 fully saturated rings. The lowest BCUT2D eigenvalue weighted by Crippen LogP contribution is -2.38. The number of hydrogen-bond donors (Lipinski definition) is 0. The van der Waals surface area contributed by atoms with Crippen LogP contribution in [0.2, 0.25) is 0 Å². The van der Waals surface area contributed by atoms with Crippen molar-refractivity contribution in [1.82, 2.24) is 4.90 Å². The highest BCUT2D eigenvalue weighted by molar-refractivity contribution is 5.78. The van der Waals surface area contributed by atoms with Crippen LogP contribution in [0, 0.1) is 17.0 Å². The fourth-order valence-electron chi connectivity index (χ4n) is 2.26. The summed E-state index contributed by atoms with van der Waals surface area (Å²) in [4.78, 5) is 24.1. The average Bonchev–Trinajstić information content (AvgIpc) is 2.45. The van der Waals surface area contributed by atoms with E-state index in [0.717, 1.165) is 37.9 Å². The van der Waals surface area contributed by atoms with Crippen molar-refractivity contribution in [1.29, 1.82) is 0 Å². The second-order valence-corrected chi connectivity index (χ2v) is 4.96. The minimum atomic E-state index is -0.500. The van der Waals surface area contributed by atoms with Crippen LogP contribution in [0.3, 0.4) is 0 Å². The normalized spacial score (nSPS) is 14.9. The SMILES string of the molecule is Cc1ccc([N+](=O)[O-])c(OCC(=O)N2CCCCC2)c1. The summed E-state index contributed by atoms with van der Waals surface area (Å²) in [6.07, 6.45) is 3.17. The quantitative estimate of drug-likeness (QED) is 0.625. The summed E-state index contributed by atoms with van der Waals surface area (Å²) in [7, 11) is 0. The van der Waals surface area contributed by atoms with Gasteiger partial charge < -0.3 is 9.64 Å². The molecule has 108 valence electrons. The molecule has 1 aromatic carbocycles. The topological polar surface area (TPSA) is 72.7 Å². The molecule has 0 unspecified atom stereocenters. The molecule has 1 aliphatic heterocycles. The third-order valence-corrected chi connectivity index (χ3v) is 3.37. The molecule has 1 amide bonds. The predicted molar refractivity (Wildman–Crippen MR) is 73.8 cm³/mol. The number of hydrogen-bond acceptors (Lipinski definition) is 4. The van der Waals surface area contributed by atoms with Crippen molar-refractivity contribution in [3.05, 3.63) is 33.9 Å². The maximum Gasteiger partial charge on any atom is 0.310 e. The lowest BCUT2D eigenvalue weighted by molar-refractivity contribution is -0.385. The molecule has 6 heteroatoms. The predicted octanol–water partition coefficient (Wildman–Crippen LogP) is 2.29. The molecule has 0 bridgehead atoms.